The summed E-state index contributed by atoms with van der Waals surface area (Å²) in [7, 11) is 0. The number of rotatable bonds is 25. The molecular formula is C72H74O40. The highest BCUT2D eigenvalue weighted by molar-refractivity contribution is 6.03. The zero-order valence-electron chi connectivity index (χ0n) is 59.3. The molecule has 5 heterocycles. The van der Waals surface area contributed by atoms with Gasteiger partial charge in [-0.25, -0.2) is 47.9 Å². The molecule has 5 saturated heterocycles. The first kappa shape index (κ1) is 81.1. The molecule has 10 bridgehead atoms. The second-order valence-electron chi connectivity index (χ2n) is 29.5. The number of aliphatic carboxylic acids is 5. The normalized spacial score (nSPS) is 37.1. The van der Waals surface area contributed by atoms with Crippen molar-refractivity contribution in [3.8, 4) is 0 Å². The van der Waals surface area contributed by atoms with E-state index in [-0.39, 0.29) is 66.4 Å². The molecule has 10 saturated carbocycles. The fraction of sp³-hybridized carbons (Fsp3) is 0.583. The van der Waals surface area contributed by atoms with Crippen LogP contribution in [-0.4, -0.2) is 239 Å². The van der Waals surface area contributed by atoms with Gasteiger partial charge in [-0.3, -0.25) is 47.9 Å². The topological polar surface area (TPSA) is 581 Å². The third-order valence-electron chi connectivity index (χ3n) is 23.7. The van der Waals surface area contributed by atoms with Gasteiger partial charge in [0.2, 0.25) is 0 Å². The summed E-state index contributed by atoms with van der Waals surface area (Å²) in [6.45, 7) is 16.3. The van der Waals surface area contributed by atoms with E-state index in [1.54, 1.807) is 0 Å². The van der Waals surface area contributed by atoms with Gasteiger partial charge in [-0.15, -0.1) is 0 Å². The molecule has 15 fully saturated rings. The number of esters is 15. The highest BCUT2D eigenvalue weighted by Gasteiger charge is 2.78. The van der Waals surface area contributed by atoms with Crippen LogP contribution in [0.4, 0.5) is 0 Å². The van der Waals surface area contributed by atoms with Crippen molar-refractivity contribution >= 4 is 119 Å². The highest BCUT2D eigenvalue weighted by Crippen LogP contribution is 2.66. The third kappa shape index (κ3) is 14.2. The van der Waals surface area contributed by atoms with Gasteiger partial charge in [0.15, 0.2) is 50.0 Å². The number of carboxylic acid groups (broad SMARTS) is 5. The number of carbonyl (C=O) groups excluding carboxylic acids is 15. The summed E-state index contributed by atoms with van der Waals surface area (Å²) in [5.41, 5.74) is -3.98. The average Bonchev–Trinajstić information content (AvgIpc) is 1.56. The van der Waals surface area contributed by atoms with E-state index in [9.17, 15) is 121 Å². The van der Waals surface area contributed by atoms with E-state index in [4.69, 9.17) is 56.8 Å². The van der Waals surface area contributed by atoms with Crippen LogP contribution in [0.15, 0.2) is 62.3 Å². The predicted octanol–water partition coefficient (Wildman–Crippen LogP) is -1.19. The van der Waals surface area contributed by atoms with Gasteiger partial charge in [0.1, 0.15) is 60.4 Å². The van der Waals surface area contributed by atoms with Gasteiger partial charge < -0.3 is 96.6 Å². The number of ether oxygens (including phenoxy) is 15. The van der Waals surface area contributed by atoms with Crippen LogP contribution in [-0.2, 0) is 167 Å². The largest absolute Gasteiger partial charge is 0.481 e. The fourth-order valence-corrected chi connectivity index (χ4v) is 19.3. The summed E-state index contributed by atoms with van der Waals surface area (Å²) in [4.78, 5) is 230. The Hall–Kier alpha value is -11.9. The van der Waals surface area contributed by atoms with Gasteiger partial charge in [-0.1, -0.05) is 32.9 Å². The second-order valence-corrected chi connectivity index (χ2v) is 29.5. The Balaban J connectivity index is 0.000000138. The van der Waals surface area contributed by atoms with Gasteiger partial charge in [0.25, 0.3) is 0 Å². The summed E-state index contributed by atoms with van der Waals surface area (Å²) >= 11 is 0. The van der Waals surface area contributed by atoms with E-state index >= 15 is 0 Å². The maximum absolute atomic E-state index is 12.0. The maximum Gasteiger partial charge on any atom is 0.344 e. The van der Waals surface area contributed by atoms with Crippen LogP contribution >= 0.6 is 0 Å². The summed E-state index contributed by atoms with van der Waals surface area (Å²) < 4.78 is 75.0. The van der Waals surface area contributed by atoms with E-state index in [1.165, 1.54) is 13.8 Å². The van der Waals surface area contributed by atoms with Crippen molar-refractivity contribution in [3.05, 3.63) is 62.3 Å². The van der Waals surface area contributed by atoms with Gasteiger partial charge in [0.05, 0.1) is 29.6 Å². The molecule has 0 amide bonds. The fourth-order valence-electron chi connectivity index (χ4n) is 19.3. The first-order valence-corrected chi connectivity index (χ1v) is 35.0. The van der Waals surface area contributed by atoms with Crippen LogP contribution in [0, 0.1) is 99.1 Å². The molecule has 0 spiro atoms. The minimum Gasteiger partial charge on any atom is -0.481 e. The summed E-state index contributed by atoms with van der Waals surface area (Å²) in [6, 6.07) is 0. The Morgan fingerprint density at radius 3 is 1.09 bits per heavy atom. The molecule has 15 rings (SSSR count). The molecule has 40 nitrogen and oxygen atoms in total. The number of hydrogen-bond acceptors (Lipinski definition) is 35. The summed E-state index contributed by atoms with van der Waals surface area (Å²) in [5, 5.41) is 46.9. The van der Waals surface area contributed by atoms with E-state index in [0.29, 0.717) is 25.7 Å². The van der Waals surface area contributed by atoms with Gasteiger partial charge in [-0.2, -0.15) is 0 Å². The number of hydrogen-bond donors (Lipinski definition) is 5. The number of carboxylic acids is 5. The predicted molar refractivity (Wildman–Crippen MR) is 345 cm³/mol. The SMILES string of the molecule is C=C(C)C(=O)OCC(=O)OC1C2CC3C1OC(=O)C3(C(=O)O)C2.C=C(C)C(=O)OCC(=O)OC1C2CC3C1OC(=O)C3C2C(=O)O.C=CC(=O)OCC(=O)OC1C2CC3C1OC(=O)C3(C(=O)O)C2.C=CC(=O)OCC(=O)OC1C2CC3C1OC(=O)C3C2C(=O)O.C=CC(=O)OCC(=O)OC1C2OC(=O)C3CC1(C(=O)O)CC32. The lowest BCUT2D eigenvalue weighted by Crippen LogP contribution is -2.47. The molecule has 15 aliphatic rings. The Morgan fingerprint density at radius 2 is 0.750 bits per heavy atom. The van der Waals surface area contributed by atoms with Gasteiger partial charge >= 0.3 is 119 Å². The Kier molecular flexibility index (Phi) is 22.5. The molecule has 27 atom stereocenters. The van der Waals surface area contributed by atoms with Crippen LogP contribution in [0.5, 0.6) is 0 Å². The first-order chi connectivity index (χ1) is 52.8. The van der Waals surface area contributed by atoms with Crippen LogP contribution in [0.3, 0.4) is 0 Å². The highest BCUT2D eigenvalue weighted by atomic mass is 16.7. The van der Waals surface area contributed by atoms with Crippen molar-refractivity contribution in [2.24, 2.45) is 99.1 Å². The molecule has 0 aromatic rings. The number of fused-ring (bicyclic) bond motifs is 5. The van der Waals surface area contributed by atoms with Crippen molar-refractivity contribution in [2.45, 2.75) is 126 Å². The van der Waals surface area contributed by atoms with E-state index in [1.807, 2.05) is 0 Å². The van der Waals surface area contributed by atoms with E-state index in [2.05, 4.69) is 47.1 Å². The molecule has 0 aromatic carbocycles. The standard InChI is InChI=1S/2C15H16O8.3C14H14O8/c1-6(2)12(17)21-5-9(16)22-10-7-3-8-11(10)23-14(20)15(8,4-7)13(18)19;1-5(2)14(19)21-4-8(16)22-11-6-3-7-10(9(6)13(17)18)15(20)23-12(7)11;1-2-8(15)20-5-9(16)21-11-10-6-3-14(11,13(18)19)4-7(6)12(17)22-10;1-2-8(15)20-5-9(16)21-10-6-3-7-11(10)22-13(19)14(7,4-6)12(17)18;1-2-7(15)20-4-8(16)21-11-5-3-6-10(9(5)13(17)18)14(19)22-12(6)11/h7-8,10-11H,1,3-5H2,2H3,(H,18,19);6-7,9-12H,1,3-4H2,2H3,(H,17,18);2,6-7,10-11H,1,3-5H2,(H,18,19);2,6-7,10-11H,1,3-5H2,(H,17,18);2,5-6,9-12H,1,3-4H2,(H,17,18). The maximum atomic E-state index is 12.0. The van der Waals surface area contributed by atoms with E-state index in [0.717, 1.165) is 18.2 Å². The minimum atomic E-state index is -1.50. The van der Waals surface area contributed by atoms with Crippen LogP contribution in [0.2, 0.25) is 0 Å². The molecule has 5 aliphatic heterocycles. The lowest BCUT2D eigenvalue weighted by Gasteiger charge is -2.32. The molecule has 27 unspecified atom stereocenters. The number of carbonyl (C=O) groups is 20. The smallest absolute Gasteiger partial charge is 0.344 e. The Labute approximate surface area is 630 Å². The molecule has 0 aromatic heterocycles. The third-order valence-corrected chi connectivity index (χ3v) is 23.7. The molecule has 0 radical (unpaired) electrons. The van der Waals surface area contributed by atoms with Crippen molar-refractivity contribution < 1.29 is 192 Å². The molecule has 40 heteroatoms. The zero-order chi connectivity index (χ0) is 82.0. The average molecular weight is 1580 g/mol. The Bertz CT molecular complexity index is 4160. The van der Waals surface area contributed by atoms with Crippen molar-refractivity contribution in [2.75, 3.05) is 33.0 Å². The van der Waals surface area contributed by atoms with Gasteiger partial charge in [0, 0.05) is 82.6 Å². The Morgan fingerprint density at radius 1 is 0.402 bits per heavy atom. The minimum absolute atomic E-state index is 0.103. The van der Waals surface area contributed by atoms with Gasteiger partial charge in [-0.05, 0) is 65.2 Å². The zero-order valence-corrected chi connectivity index (χ0v) is 59.3. The first-order valence-electron chi connectivity index (χ1n) is 35.0. The quantitative estimate of drug-likeness (QED) is 0.0310. The summed E-state index contributed by atoms with van der Waals surface area (Å²) in [5.74, 6) is -23.0. The molecule has 10 aliphatic carbocycles. The summed E-state index contributed by atoms with van der Waals surface area (Å²) in [6.07, 6.45) is -2.27. The molecular weight excluding hydrogens is 1500 g/mol. The van der Waals surface area contributed by atoms with Crippen molar-refractivity contribution in [3.63, 3.8) is 0 Å². The van der Waals surface area contributed by atoms with Crippen LogP contribution < -0.4 is 0 Å². The van der Waals surface area contributed by atoms with Crippen LogP contribution in [0.25, 0.3) is 0 Å². The second kappa shape index (κ2) is 31.1. The van der Waals surface area contributed by atoms with Crippen molar-refractivity contribution in [1.29, 1.82) is 0 Å². The monoisotopic (exact) mass is 1580 g/mol. The van der Waals surface area contributed by atoms with Crippen LogP contribution in [0.1, 0.15) is 65.2 Å². The lowest BCUT2D eigenvalue weighted by atomic mass is 9.73. The van der Waals surface area contributed by atoms with E-state index < -0.39 is 283 Å². The lowest BCUT2D eigenvalue weighted by molar-refractivity contribution is -0.179. The van der Waals surface area contributed by atoms with Crippen molar-refractivity contribution in [1.82, 2.24) is 0 Å². The molecule has 602 valence electrons. The molecule has 112 heavy (non-hydrogen) atoms. The molecule has 5 N–H and O–H groups in total.